The van der Waals surface area contributed by atoms with Crippen LogP contribution in [0.15, 0.2) is 18.2 Å². The average Bonchev–Trinajstić information content (AvgIpc) is 2.47. The zero-order valence-corrected chi connectivity index (χ0v) is 12.4. The Morgan fingerprint density at radius 2 is 1.85 bits per heavy atom. The minimum Gasteiger partial charge on any atom is -0.490 e. The first-order valence-corrected chi connectivity index (χ1v) is 7.87. The summed E-state index contributed by atoms with van der Waals surface area (Å²) in [7, 11) is 0. The van der Waals surface area contributed by atoms with E-state index < -0.39 is 5.82 Å². The van der Waals surface area contributed by atoms with Gasteiger partial charge in [0.2, 0.25) is 0 Å². The third-order valence-corrected chi connectivity index (χ3v) is 5.14. The molecule has 1 heterocycles. The number of ether oxygens (including phenoxy) is 1. The lowest BCUT2D eigenvalue weighted by Crippen LogP contribution is -2.40. The van der Waals surface area contributed by atoms with Crippen molar-refractivity contribution in [2.45, 2.75) is 44.6 Å². The molecule has 3 rings (SSSR count). The summed E-state index contributed by atoms with van der Waals surface area (Å²) in [5.74, 6) is 0.291. The first-order chi connectivity index (χ1) is 9.67. The van der Waals surface area contributed by atoms with E-state index in [2.05, 4.69) is 5.32 Å². The number of hydrogen-bond acceptors (Lipinski definition) is 2. The van der Waals surface area contributed by atoms with Crippen molar-refractivity contribution in [3.8, 4) is 5.75 Å². The molecular formula is C16H21ClFNO. The Morgan fingerprint density at radius 3 is 2.50 bits per heavy atom. The van der Waals surface area contributed by atoms with E-state index in [1.54, 1.807) is 12.1 Å². The smallest absolute Gasteiger partial charge is 0.142 e. The molecule has 0 amide bonds. The van der Waals surface area contributed by atoms with Crippen LogP contribution in [0.1, 0.15) is 38.5 Å². The maximum absolute atomic E-state index is 13.1. The Bertz CT molecular complexity index is 464. The van der Waals surface area contributed by atoms with E-state index >= 15 is 0 Å². The van der Waals surface area contributed by atoms with Crippen molar-refractivity contribution in [3.63, 3.8) is 0 Å². The van der Waals surface area contributed by atoms with Crippen molar-refractivity contribution in [1.29, 1.82) is 0 Å². The molecular weight excluding hydrogens is 277 g/mol. The molecule has 2 fully saturated rings. The van der Waals surface area contributed by atoms with Crippen molar-refractivity contribution in [1.82, 2.24) is 5.32 Å². The van der Waals surface area contributed by atoms with Gasteiger partial charge in [-0.25, -0.2) is 4.39 Å². The molecule has 0 unspecified atom stereocenters. The van der Waals surface area contributed by atoms with E-state index in [9.17, 15) is 4.39 Å². The molecule has 1 N–H and O–H groups in total. The number of nitrogens with one attached hydrogen (secondary N) is 1. The highest BCUT2D eigenvalue weighted by Crippen LogP contribution is 2.44. The van der Waals surface area contributed by atoms with Gasteiger partial charge in [0.1, 0.15) is 11.6 Å². The molecule has 1 aliphatic heterocycles. The largest absolute Gasteiger partial charge is 0.490 e. The number of halogens is 2. The van der Waals surface area contributed by atoms with Gasteiger partial charge < -0.3 is 10.1 Å². The lowest BCUT2D eigenvalue weighted by atomic mass is 9.68. The Kier molecular flexibility index (Phi) is 4.18. The van der Waals surface area contributed by atoms with E-state index in [4.69, 9.17) is 16.3 Å². The van der Waals surface area contributed by atoms with Crippen LogP contribution >= 0.6 is 11.6 Å². The number of rotatable bonds is 2. The molecule has 1 aromatic carbocycles. The normalized spacial score (nSPS) is 22.9. The van der Waals surface area contributed by atoms with Crippen LogP contribution in [0.2, 0.25) is 5.02 Å². The second-order valence-corrected chi connectivity index (χ2v) is 6.55. The minimum atomic E-state index is -0.392. The van der Waals surface area contributed by atoms with Gasteiger partial charge >= 0.3 is 0 Å². The van der Waals surface area contributed by atoms with Crippen LogP contribution in [0.3, 0.4) is 0 Å². The molecule has 1 saturated carbocycles. The summed E-state index contributed by atoms with van der Waals surface area (Å²) in [6.45, 7) is 2.30. The molecule has 2 aliphatic rings. The van der Waals surface area contributed by atoms with Gasteiger partial charge in [-0.2, -0.15) is 0 Å². The van der Waals surface area contributed by atoms with Gasteiger partial charge in [-0.1, -0.05) is 11.6 Å². The summed E-state index contributed by atoms with van der Waals surface area (Å²) >= 11 is 5.79. The SMILES string of the molecule is Fc1ccc(OC2CCC3(CCNCC3)CC2)cc1Cl. The number of hydrogen-bond donors (Lipinski definition) is 1. The molecule has 2 nitrogen and oxygen atoms in total. The van der Waals surface area contributed by atoms with Gasteiger partial charge in [-0.05, 0) is 69.2 Å². The Morgan fingerprint density at radius 1 is 1.15 bits per heavy atom. The predicted octanol–water partition coefficient (Wildman–Crippen LogP) is 4.17. The van der Waals surface area contributed by atoms with Crippen LogP contribution in [-0.4, -0.2) is 19.2 Å². The van der Waals surface area contributed by atoms with Crippen LogP contribution < -0.4 is 10.1 Å². The first kappa shape index (κ1) is 14.2. The number of benzene rings is 1. The van der Waals surface area contributed by atoms with Crippen molar-refractivity contribution in [2.24, 2.45) is 5.41 Å². The lowest BCUT2D eigenvalue weighted by Gasteiger charge is -2.43. The lowest BCUT2D eigenvalue weighted by molar-refractivity contribution is 0.0571. The van der Waals surface area contributed by atoms with Crippen molar-refractivity contribution in [3.05, 3.63) is 29.0 Å². The summed E-state index contributed by atoms with van der Waals surface area (Å²) in [6.07, 6.45) is 7.51. The van der Waals surface area contributed by atoms with Crippen LogP contribution in [0.4, 0.5) is 4.39 Å². The highest BCUT2D eigenvalue weighted by atomic mass is 35.5. The molecule has 0 radical (unpaired) electrons. The molecule has 1 aromatic rings. The second kappa shape index (κ2) is 5.90. The monoisotopic (exact) mass is 297 g/mol. The Hall–Kier alpha value is -0.800. The van der Waals surface area contributed by atoms with Gasteiger partial charge in [0.25, 0.3) is 0 Å². The Balaban J connectivity index is 1.56. The van der Waals surface area contributed by atoms with E-state index in [1.807, 2.05) is 0 Å². The van der Waals surface area contributed by atoms with E-state index in [-0.39, 0.29) is 11.1 Å². The highest BCUT2D eigenvalue weighted by Gasteiger charge is 2.36. The molecule has 0 bridgehead atoms. The highest BCUT2D eigenvalue weighted by molar-refractivity contribution is 6.30. The third-order valence-electron chi connectivity index (χ3n) is 4.85. The van der Waals surface area contributed by atoms with E-state index in [0.29, 0.717) is 11.2 Å². The average molecular weight is 298 g/mol. The number of piperidine rings is 1. The van der Waals surface area contributed by atoms with Gasteiger partial charge in [0.05, 0.1) is 11.1 Å². The first-order valence-electron chi connectivity index (χ1n) is 7.49. The molecule has 0 aromatic heterocycles. The van der Waals surface area contributed by atoms with Crippen LogP contribution in [0, 0.1) is 11.2 Å². The zero-order chi connectivity index (χ0) is 14.0. The summed E-state index contributed by atoms with van der Waals surface area (Å²) in [5.41, 5.74) is 0.547. The molecule has 1 saturated heterocycles. The van der Waals surface area contributed by atoms with Crippen molar-refractivity contribution in [2.75, 3.05) is 13.1 Å². The summed E-state index contributed by atoms with van der Waals surface area (Å²) in [4.78, 5) is 0. The van der Waals surface area contributed by atoms with Crippen LogP contribution in [-0.2, 0) is 0 Å². The van der Waals surface area contributed by atoms with Crippen molar-refractivity contribution < 1.29 is 9.13 Å². The van der Waals surface area contributed by atoms with Crippen LogP contribution in [0.25, 0.3) is 0 Å². The Labute approximate surface area is 124 Å². The molecule has 4 heteroatoms. The quantitative estimate of drug-likeness (QED) is 0.884. The van der Waals surface area contributed by atoms with Gasteiger partial charge in [-0.3, -0.25) is 0 Å². The van der Waals surface area contributed by atoms with Crippen molar-refractivity contribution >= 4 is 11.6 Å². The topological polar surface area (TPSA) is 21.3 Å². The summed E-state index contributed by atoms with van der Waals surface area (Å²) in [5, 5.41) is 3.57. The van der Waals surface area contributed by atoms with Gasteiger partial charge in [0, 0.05) is 6.07 Å². The fourth-order valence-electron chi connectivity index (χ4n) is 3.52. The second-order valence-electron chi connectivity index (χ2n) is 6.14. The van der Waals surface area contributed by atoms with Gasteiger partial charge in [0.15, 0.2) is 0 Å². The molecule has 20 heavy (non-hydrogen) atoms. The predicted molar refractivity (Wildman–Crippen MR) is 78.8 cm³/mol. The standard InChI is InChI=1S/C16H21ClFNO/c17-14-11-13(1-2-15(14)18)20-12-3-5-16(6-4-12)7-9-19-10-8-16/h1-2,11-12,19H,3-10H2. The molecule has 1 spiro atoms. The van der Waals surface area contributed by atoms with E-state index in [1.165, 1.54) is 31.7 Å². The molecule has 1 aliphatic carbocycles. The van der Waals surface area contributed by atoms with E-state index in [0.717, 1.165) is 25.9 Å². The zero-order valence-electron chi connectivity index (χ0n) is 11.6. The molecule has 110 valence electrons. The summed E-state index contributed by atoms with van der Waals surface area (Å²) < 4.78 is 19.1. The van der Waals surface area contributed by atoms with Gasteiger partial charge in [-0.15, -0.1) is 0 Å². The summed E-state index contributed by atoms with van der Waals surface area (Å²) in [6, 6.07) is 4.61. The maximum Gasteiger partial charge on any atom is 0.142 e. The fraction of sp³-hybridized carbons (Fsp3) is 0.625. The molecule has 0 atom stereocenters. The fourth-order valence-corrected chi connectivity index (χ4v) is 3.69. The third kappa shape index (κ3) is 3.09. The van der Waals surface area contributed by atoms with Crippen LogP contribution in [0.5, 0.6) is 5.75 Å². The maximum atomic E-state index is 13.1. The minimum absolute atomic E-state index is 0.133.